The molecule has 0 bridgehead atoms. The lowest BCUT2D eigenvalue weighted by Crippen LogP contribution is -2.46. The summed E-state index contributed by atoms with van der Waals surface area (Å²) in [7, 11) is 1.58. The molecule has 0 spiro atoms. The minimum atomic E-state index is -0.168. The predicted molar refractivity (Wildman–Crippen MR) is 123 cm³/mol. The summed E-state index contributed by atoms with van der Waals surface area (Å²) in [6.07, 6.45) is 2.15. The molecule has 3 aliphatic rings. The van der Waals surface area contributed by atoms with Crippen molar-refractivity contribution < 1.29 is 24.1 Å². The molecule has 3 aromatic rings. The van der Waals surface area contributed by atoms with Gasteiger partial charge < -0.3 is 24.1 Å². The fraction of sp³-hybridized carbons (Fsp3) is 0.333. The predicted octanol–water partition coefficient (Wildman–Crippen LogP) is 4.86. The maximum atomic E-state index is 11.2. The highest BCUT2D eigenvalue weighted by Crippen LogP contribution is 2.55. The van der Waals surface area contributed by atoms with E-state index in [2.05, 4.69) is 29.2 Å². The van der Waals surface area contributed by atoms with Crippen molar-refractivity contribution in [2.45, 2.75) is 30.9 Å². The fourth-order valence-electron chi connectivity index (χ4n) is 5.49. The molecule has 170 valence electrons. The lowest BCUT2D eigenvalue weighted by Gasteiger charge is -2.44. The first-order valence-electron chi connectivity index (χ1n) is 11.5. The molecule has 3 atom stereocenters. The SMILES string of the molecule is COc1cccc([C@H]2c3cc4c(cc3O[C@H](N3CCCC3)[C@@H]2c2ccccc2)OCO4)c1O. The average molecular weight is 446 g/mol. The minimum absolute atomic E-state index is 0.0322. The zero-order chi connectivity index (χ0) is 22.4. The van der Waals surface area contributed by atoms with Gasteiger partial charge in [-0.05, 0) is 30.5 Å². The summed E-state index contributed by atoms with van der Waals surface area (Å²) in [5, 5.41) is 11.2. The summed E-state index contributed by atoms with van der Waals surface area (Å²) in [5.74, 6) is 2.61. The largest absolute Gasteiger partial charge is 0.504 e. The number of para-hydroxylation sites is 1. The van der Waals surface area contributed by atoms with Gasteiger partial charge in [0.05, 0.1) is 7.11 Å². The number of hydrogen-bond acceptors (Lipinski definition) is 6. The molecule has 3 aromatic carbocycles. The van der Waals surface area contributed by atoms with Gasteiger partial charge in [0, 0.05) is 42.1 Å². The highest BCUT2D eigenvalue weighted by Gasteiger charge is 2.45. The van der Waals surface area contributed by atoms with Crippen molar-refractivity contribution in [1.29, 1.82) is 0 Å². The van der Waals surface area contributed by atoms with Crippen molar-refractivity contribution in [2.75, 3.05) is 27.0 Å². The van der Waals surface area contributed by atoms with Gasteiger partial charge in [0.1, 0.15) is 5.75 Å². The standard InChI is InChI=1S/C27H27NO5/c1-30-20-11-7-10-18(26(20)29)25-19-14-22-23(32-16-31-22)15-21(19)33-27(28-12-5-6-13-28)24(25)17-8-3-2-4-9-17/h2-4,7-11,14-15,24-25,27,29H,5-6,12-13,16H2,1H3/t24-,25+,27+/m1/s1. The van der Waals surface area contributed by atoms with Gasteiger partial charge in [0.25, 0.3) is 0 Å². The number of benzene rings is 3. The molecule has 1 saturated heterocycles. The molecule has 3 heterocycles. The molecule has 0 saturated carbocycles. The van der Waals surface area contributed by atoms with Gasteiger partial charge in [0.2, 0.25) is 6.79 Å². The van der Waals surface area contributed by atoms with E-state index in [1.54, 1.807) is 13.2 Å². The second kappa shape index (κ2) is 8.19. The molecule has 0 amide bonds. The Morgan fingerprint density at radius 2 is 1.64 bits per heavy atom. The number of phenolic OH excluding ortho intramolecular Hbond substituents is 1. The lowest BCUT2D eigenvalue weighted by molar-refractivity contribution is 0.00286. The molecular weight excluding hydrogens is 418 g/mol. The van der Waals surface area contributed by atoms with Crippen LogP contribution in [0.2, 0.25) is 0 Å². The van der Waals surface area contributed by atoms with Crippen LogP contribution in [0.3, 0.4) is 0 Å². The number of nitrogens with zero attached hydrogens (tertiary/aromatic N) is 1. The Kier molecular flexibility index (Phi) is 5.03. The Morgan fingerprint density at radius 3 is 2.39 bits per heavy atom. The van der Waals surface area contributed by atoms with E-state index in [1.165, 1.54) is 5.56 Å². The second-order valence-corrected chi connectivity index (χ2v) is 8.81. The van der Waals surface area contributed by atoms with E-state index in [1.807, 2.05) is 30.3 Å². The van der Waals surface area contributed by atoms with E-state index in [4.69, 9.17) is 18.9 Å². The summed E-state index contributed by atoms with van der Waals surface area (Å²) in [5.41, 5.74) is 2.97. The zero-order valence-corrected chi connectivity index (χ0v) is 18.6. The maximum absolute atomic E-state index is 11.2. The summed E-state index contributed by atoms with van der Waals surface area (Å²) in [6, 6.07) is 20.1. The fourth-order valence-corrected chi connectivity index (χ4v) is 5.49. The van der Waals surface area contributed by atoms with Gasteiger partial charge >= 0.3 is 0 Å². The van der Waals surface area contributed by atoms with Gasteiger partial charge in [-0.1, -0.05) is 42.5 Å². The van der Waals surface area contributed by atoms with Gasteiger partial charge in [-0.2, -0.15) is 0 Å². The summed E-state index contributed by atoms with van der Waals surface area (Å²) >= 11 is 0. The molecule has 33 heavy (non-hydrogen) atoms. The maximum Gasteiger partial charge on any atom is 0.231 e. The molecule has 0 aromatic heterocycles. The first-order valence-corrected chi connectivity index (χ1v) is 11.5. The number of ether oxygens (including phenoxy) is 4. The van der Waals surface area contributed by atoms with Crippen LogP contribution in [0.25, 0.3) is 0 Å². The molecule has 0 radical (unpaired) electrons. The molecule has 3 aliphatic heterocycles. The lowest BCUT2D eigenvalue weighted by atomic mass is 9.73. The first kappa shape index (κ1) is 20.2. The molecular formula is C27H27NO5. The van der Waals surface area contributed by atoms with Crippen molar-refractivity contribution in [3.8, 4) is 28.7 Å². The monoisotopic (exact) mass is 445 g/mol. The third-order valence-electron chi connectivity index (χ3n) is 7.02. The van der Waals surface area contributed by atoms with Crippen LogP contribution in [-0.2, 0) is 0 Å². The Balaban J connectivity index is 1.59. The average Bonchev–Trinajstić information content (AvgIpc) is 3.54. The number of phenols is 1. The Labute approximate surface area is 193 Å². The van der Waals surface area contributed by atoms with Crippen molar-refractivity contribution in [3.63, 3.8) is 0 Å². The Morgan fingerprint density at radius 1 is 0.879 bits per heavy atom. The molecule has 0 aliphatic carbocycles. The van der Waals surface area contributed by atoms with Crippen LogP contribution in [0.15, 0.2) is 60.7 Å². The topological polar surface area (TPSA) is 60.4 Å². The number of rotatable bonds is 4. The van der Waals surface area contributed by atoms with Crippen LogP contribution in [0.5, 0.6) is 28.7 Å². The number of aromatic hydroxyl groups is 1. The number of hydrogen-bond donors (Lipinski definition) is 1. The molecule has 1 N–H and O–H groups in total. The third kappa shape index (κ3) is 3.37. The molecule has 6 heteroatoms. The molecule has 6 rings (SSSR count). The highest BCUT2D eigenvalue weighted by molar-refractivity contribution is 5.60. The van der Waals surface area contributed by atoms with Crippen LogP contribution in [0.4, 0.5) is 0 Å². The molecule has 0 unspecified atom stereocenters. The van der Waals surface area contributed by atoms with Crippen LogP contribution < -0.4 is 18.9 Å². The first-order chi connectivity index (χ1) is 16.2. The van der Waals surface area contributed by atoms with Crippen molar-refractivity contribution in [2.24, 2.45) is 0 Å². The van der Waals surface area contributed by atoms with E-state index in [0.29, 0.717) is 17.2 Å². The van der Waals surface area contributed by atoms with Crippen LogP contribution in [0, 0.1) is 0 Å². The summed E-state index contributed by atoms with van der Waals surface area (Å²) in [6.45, 7) is 2.18. The summed E-state index contributed by atoms with van der Waals surface area (Å²) < 4.78 is 23.6. The van der Waals surface area contributed by atoms with Gasteiger partial charge in [-0.3, -0.25) is 4.90 Å². The van der Waals surface area contributed by atoms with Crippen LogP contribution in [0.1, 0.15) is 41.4 Å². The second-order valence-electron chi connectivity index (χ2n) is 8.81. The van der Waals surface area contributed by atoms with Crippen molar-refractivity contribution in [1.82, 2.24) is 4.90 Å². The van der Waals surface area contributed by atoms with Gasteiger partial charge in [0.15, 0.2) is 29.2 Å². The van der Waals surface area contributed by atoms with E-state index >= 15 is 0 Å². The molecule has 1 fully saturated rings. The Hall–Kier alpha value is -3.38. The van der Waals surface area contributed by atoms with Gasteiger partial charge in [-0.15, -0.1) is 0 Å². The smallest absolute Gasteiger partial charge is 0.231 e. The number of methoxy groups -OCH3 is 1. The van der Waals surface area contributed by atoms with Crippen LogP contribution >= 0.6 is 0 Å². The highest BCUT2D eigenvalue weighted by atomic mass is 16.7. The van der Waals surface area contributed by atoms with E-state index < -0.39 is 0 Å². The quantitative estimate of drug-likeness (QED) is 0.619. The Bertz CT molecular complexity index is 1160. The minimum Gasteiger partial charge on any atom is -0.504 e. The number of likely N-dealkylation sites (tertiary alicyclic amines) is 1. The van der Waals surface area contributed by atoms with Crippen molar-refractivity contribution in [3.05, 3.63) is 77.4 Å². The van der Waals surface area contributed by atoms with E-state index in [9.17, 15) is 5.11 Å². The third-order valence-corrected chi connectivity index (χ3v) is 7.02. The normalized spacial score (nSPS) is 23.7. The van der Waals surface area contributed by atoms with E-state index in [0.717, 1.165) is 42.8 Å². The van der Waals surface area contributed by atoms with Gasteiger partial charge in [-0.25, -0.2) is 0 Å². The van der Waals surface area contributed by atoms with E-state index in [-0.39, 0.29) is 30.6 Å². The van der Waals surface area contributed by atoms with Crippen LogP contribution in [-0.4, -0.2) is 43.2 Å². The zero-order valence-electron chi connectivity index (χ0n) is 18.6. The van der Waals surface area contributed by atoms with Crippen molar-refractivity contribution >= 4 is 0 Å². The molecule has 6 nitrogen and oxygen atoms in total. The number of fused-ring (bicyclic) bond motifs is 2. The summed E-state index contributed by atoms with van der Waals surface area (Å²) in [4.78, 5) is 2.43.